The molecule has 0 aromatic rings. The van der Waals surface area contributed by atoms with Gasteiger partial charge in [-0.1, -0.05) is 169 Å². The topological polar surface area (TPSA) is 105 Å². The van der Waals surface area contributed by atoms with Crippen molar-refractivity contribution in [2.75, 3.05) is 40.9 Å². The highest BCUT2D eigenvalue weighted by Gasteiger charge is 2.27. The lowest BCUT2D eigenvalue weighted by atomic mass is 10.1. The second-order valence-corrected chi connectivity index (χ2v) is 17.1. The van der Waals surface area contributed by atoms with Gasteiger partial charge in [0.15, 0.2) is 0 Å². The van der Waals surface area contributed by atoms with E-state index in [1.807, 2.05) is 39.4 Å². The predicted molar refractivity (Wildman–Crippen MR) is 244 cm³/mol. The summed E-state index contributed by atoms with van der Waals surface area (Å²) < 4.78 is 23.5. The standard InChI is InChI=1S/C48H83N2O6P/c1-6-8-10-12-14-16-18-20-22-24-25-26-28-30-32-34-36-38-40-42-48(52)49-46(45-56-57(53,54)55-44-43-50(3,4)5)47(51)41-39-37-35-33-31-29-27-23-21-19-17-15-13-11-9-7-2/h8,10,14,16,20,22,25-26,30-33,36,38-39,41,46-47,51H,6-7,9,11-13,15,17-19,21,23-24,27-29,34-35,37,40,42-45H2,1-5H3,(H-,49,52,53,54)/p+1/b10-8-,16-14-,22-20-,26-25-,32-30-,33-31+,38-36-,41-39+. The first kappa shape index (κ1) is 54.4. The number of hydrogen-bond acceptors (Lipinski definition) is 5. The quantitative estimate of drug-likeness (QED) is 0.0248. The van der Waals surface area contributed by atoms with Crippen LogP contribution < -0.4 is 5.32 Å². The van der Waals surface area contributed by atoms with Crippen LogP contribution in [0.1, 0.15) is 149 Å². The summed E-state index contributed by atoms with van der Waals surface area (Å²) in [7, 11) is 1.49. The molecule has 0 aromatic heterocycles. The molecule has 0 bridgehead atoms. The van der Waals surface area contributed by atoms with E-state index >= 15 is 0 Å². The van der Waals surface area contributed by atoms with Crippen LogP contribution in [-0.4, -0.2) is 73.4 Å². The van der Waals surface area contributed by atoms with E-state index in [0.29, 0.717) is 17.4 Å². The molecule has 0 aromatic carbocycles. The number of allylic oxidation sites excluding steroid dienone is 15. The monoisotopic (exact) mass is 816 g/mol. The summed E-state index contributed by atoms with van der Waals surface area (Å²) in [5, 5.41) is 13.7. The average molecular weight is 816 g/mol. The van der Waals surface area contributed by atoms with Crippen molar-refractivity contribution in [3.8, 4) is 0 Å². The van der Waals surface area contributed by atoms with Crippen molar-refractivity contribution >= 4 is 13.7 Å². The van der Waals surface area contributed by atoms with Gasteiger partial charge in [0.25, 0.3) is 0 Å². The van der Waals surface area contributed by atoms with Gasteiger partial charge in [0.1, 0.15) is 13.2 Å². The Morgan fingerprint density at radius 1 is 0.614 bits per heavy atom. The maximum atomic E-state index is 12.8. The Morgan fingerprint density at radius 3 is 1.60 bits per heavy atom. The minimum absolute atomic E-state index is 0.0371. The third-order valence-corrected chi connectivity index (χ3v) is 10.0. The molecule has 0 aliphatic heterocycles. The van der Waals surface area contributed by atoms with Crippen LogP contribution in [-0.2, 0) is 18.4 Å². The maximum Gasteiger partial charge on any atom is 0.472 e. The number of carbonyl (C=O) groups is 1. The van der Waals surface area contributed by atoms with Crippen molar-refractivity contribution in [1.82, 2.24) is 5.32 Å². The van der Waals surface area contributed by atoms with Gasteiger partial charge in [-0.15, -0.1) is 0 Å². The Labute approximate surface area is 349 Å². The summed E-state index contributed by atoms with van der Waals surface area (Å²) in [5.74, 6) is -0.274. The molecule has 8 nitrogen and oxygen atoms in total. The molecule has 0 radical (unpaired) electrons. The van der Waals surface area contributed by atoms with E-state index in [-0.39, 0.29) is 25.5 Å². The summed E-state index contributed by atoms with van der Waals surface area (Å²) in [6.07, 6.45) is 55.0. The van der Waals surface area contributed by atoms with Gasteiger partial charge < -0.3 is 19.8 Å². The van der Waals surface area contributed by atoms with Gasteiger partial charge in [-0.3, -0.25) is 13.8 Å². The third-order valence-electron chi connectivity index (χ3n) is 9.05. The lowest BCUT2D eigenvalue weighted by Gasteiger charge is -2.25. The van der Waals surface area contributed by atoms with Gasteiger partial charge in [0.05, 0.1) is 39.9 Å². The number of nitrogens with one attached hydrogen (secondary N) is 1. The number of likely N-dealkylation sites (N-methyl/N-ethyl adjacent to an activating group) is 1. The van der Waals surface area contributed by atoms with Gasteiger partial charge in [0.2, 0.25) is 5.91 Å². The van der Waals surface area contributed by atoms with E-state index in [9.17, 15) is 19.4 Å². The lowest BCUT2D eigenvalue weighted by molar-refractivity contribution is -0.870. The van der Waals surface area contributed by atoms with Crippen molar-refractivity contribution in [2.45, 2.75) is 161 Å². The van der Waals surface area contributed by atoms with Gasteiger partial charge in [0, 0.05) is 6.42 Å². The number of rotatable bonds is 38. The van der Waals surface area contributed by atoms with Crippen LogP contribution >= 0.6 is 7.82 Å². The molecular formula is C48H84N2O6P+. The first-order valence-corrected chi connectivity index (χ1v) is 23.6. The average Bonchev–Trinajstić information content (AvgIpc) is 3.16. The van der Waals surface area contributed by atoms with Crippen LogP contribution in [0.2, 0.25) is 0 Å². The first-order valence-electron chi connectivity index (χ1n) is 22.1. The fourth-order valence-corrected chi connectivity index (χ4v) is 6.28. The molecule has 1 amide bonds. The molecular weight excluding hydrogens is 732 g/mol. The molecule has 0 heterocycles. The predicted octanol–water partition coefficient (Wildman–Crippen LogP) is 12.4. The van der Waals surface area contributed by atoms with E-state index in [4.69, 9.17) is 9.05 Å². The number of carbonyl (C=O) groups excluding carboxylic acids is 1. The Bertz CT molecular complexity index is 1240. The second kappa shape index (κ2) is 38.9. The number of aliphatic hydroxyl groups is 1. The molecule has 57 heavy (non-hydrogen) atoms. The zero-order valence-electron chi connectivity index (χ0n) is 36.8. The van der Waals surface area contributed by atoms with E-state index in [1.54, 1.807) is 6.08 Å². The van der Waals surface area contributed by atoms with Crippen LogP contribution in [0.4, 0.5) is 0 Å². The van der Waals surface area contributed by atoms with Gasteiger partial charge in [-0.25, -0.2) is 4.57 Å². The van der Waals surface area contributed by atoms with Gasteiger partial charge >= 0.3 is 7.82 Å². The van der Waals surface area contributed by atoms with Crippen LogP contribution in [0.15, 0.2) is 97.2 Å². The highest BCUT2D eigenvalue weighted by atomic mass is 31.2. The normalized spacial score (nSPS) is 15.3. The fourth-order valence-electron chi connectivity index (χ4n) is 5.55. The molecule has 0 saturated heterocycles. The lowest BCUT2D eigenvalue weighted by Crippen LogP contribution is -2.45. The van der Waals surface area contributed by atoms with E-state index < -0.39 is 20.0 Å². The van der Waals surface area contributed by atoms with E-state index in [2.05, 4.69) is 92.1 Å². The molecule has 0 fully saturated rings. The zero-order chi connectivity index (χ0) is 42.1. The van der Waals surface area contributed by atoms with Crippen molar-refractivity contribution in [3.05, 3.63) is 97.2 Å². The van der Waals surface area contributed by atoms with E-state index in [0.717, 1.165) is 57.8 Å². The molecule has 0 aliphatic rings. The van der Waals surface area contributed by atoms with E-state index in [1.165, 1.54) is 64.2 Å². The Kier molecular flexibility index (Phi) is 37.2. The summed E-state index contributed by atoms with van der Waals surface area (Å²) in [6.45, 7) is 4.59. The molecule has 3 atom stereocenters. The first-order chi connectivity index (χ1) is 27.5. The number of unbranched alkanes of at least 4 members (excludes halogenated alkanes) is 11. The number of aliphatic hydroxyl groups excluding tert-OH is 1. The molecule has 3 unspecified atom stereocenters. The summed E-state index contributed by atoms with van der Waals surface area (Å²) >= 11 is 0. The van der Waals surface area contributed by atoms with Crippen molar-refractivity contribution in [1.29, 1.82) is 0 Å². The van der Waals surface area contributed by atoms with Crippen LogP contribution in [0.25, 0.3) is 0 Å². The zero-order valence-corrected chi connectivity index (χ0v) is 37.7. The second-order valence-electron chi connectivity index (χ2n) is 15.7. The number of nitrogens with zero attached hydrogens (tertiary/aromatic N) is 1. The molecule has 0 rings (SSSR count). The molecule has 0 aliphatic carbocycles. The van der Waals surface area contributed by atoms with Gasteiger partial charge in [-0.2, -0.15) is 0 Å². The largest absolute Gasteiger partial charge is 0.472 e. The van der Waals surface area contributed by atoms with Crippen molar-refractivity contribution < 1.29 is 32.9 Å². The van der Waals surface area contributed by atoms with Crippen molar-refractivity contribution in [2.24, 2.45) is 0 Å². The Morgan fingerprint density at radius 2 is 1.07 bits per heavy atom. The minimum Gasteiger partial charge on any atom is -0.387 e. The molecule has 0 saturated carbocycles. The Hall–Kier alpha value is -2.58. The highest BCUT2D eigenvalue weighted by Crippen LogP contribution is 2.43. The highest BCUT2D eigenvalue weighted by molar-refractivity contribution is 7.47. The van der Waals surface area contributed by atoms with Crippen LogP contribution in [0, 0.1) is 0 Å². The van der Waals surface area contributed by atoms with Crippen LogP contribution in [0.5, 0.6) is 0 Å². The number of hydrogen-bond donors (Lipinski definition) is 3. The smallest absolute Gasteiger partial charge is 0.387 e. The molecule has 3 N–H and O–H groups in total. The minimum atomic E-state index is -4.37. The SMILES string of the molecule is CC/C=C\C/C=C\C/C=C\C/C=C\C/C=C\C/C=C\CCC(=O)NC(COP(=O)(O)OCC[N+](C)(C)C)C(O)/C=C/CC/C=C/CCCCCCCCCCCC. The molecule has 9 heteroatoms. The maximum absolute atomic E-state index is 12.8. The number of phosphoric ester groups is 1. The molecule has 326 valence electrons. The Balaban J connectivity index is 4.64. The van der Waals surface area contributed by atoms with Crippen LogP contribution in [0.3, 0.4) is 0 Å². The third kappa shape index (κ3) is 41.4. The number of quaternary nitrogens is 1. The van der Waals surface area contributed by atoms with Crippen molar-refractivity contribution in [3.63, 3.8) is 0 Å². The summed E-state index contributed by atoms with van der Waals surface area (Å²) in [5.41, 5.74) is 0. The molecule has 0 spiro atoms. The number of phosphoric acid groups is 1. The number of amides is 1. The van der Waals surface area contributed by atoms with Gasteiger partial charge in [-0.05, 0) is 70.6 Å². The summed E-state index contributed by atoms with van der Waals surface area (Å²) in [4.78, 5) is 23.1. The summed E-state index contributed by atoms with van der Waals surface area (Å²) in [6, 6.07) is -0.909. The fraction of sp³-hybridized carbons (Fsp3) is 0.646.